The first kappa shape index (κ1) is 14.9. The minimum Gasteiger partial charge on any atom is -0.355 e. The van der Waals surface area contributed by atoms with Gasteiger partial charge >= 0.3 is 0 Å². The largest absolute Gasteiger partial charge is 0.355 e. The number of hydrogen-bond donors (Lipinski definition) is 1. The highest BCUT2D eigenvalue weighted by molar-refractivity contribution is 5.96. The highest BCUT2D eigenvalue weighted by atomic mass is 16.1. The molecule has 0 aliphatic rings. The van der Waals surface area contributed by atoms with Crippen molar-refractivity contribution in [1.29, 1.82) is 5.26 Å². The second-order valence-electron chi connectivity index (χ2n) is 3.14. The average Bonchev–Trinajstić information content (AvgIpc) is 2.40. The first-order chi connectivity index (χ1) is 8.17. The Hall–Kier alpha value is -2.08. The van der Waals surface area contributed by atoms with E-state index < -0.39 is 0 Å². The number of amides is 1. The molecule has 1 amide bonds. The van der Waals surface area contributed by atoms with Gasteiger partial charge in [-0.25, -0.2) is 0 Å². The smallest absolute Gasteiger partial charge is 0.246 e. The van der Waals surface area contributed by atoms with E-state index in [9.17, 15) is 4.79 Å². The number of benzene rings is 1. The Balaban J connectivity index is 0.00000121. The lowest BCUT2D eigenvalue weighted by atomic mass is 10.1. The summed E-state index contributed by atoms with van der Waals surface area (Å²) in [5, 5.41) is 11.2. The molecule has 0 fully saturated rings. The van der Waals surface area contributed by atoms with Crippen molar-refractivity contribution in [1.82, 2.24) is 5.32 Å². The zero-order chi connectivity index (χ0) is 13.3. The molecule has 0 atom stereocenters. The normalized spacial score (nSPS) is 9.71. The summed E-state index contributed by atoms with van der Waals surface area (Å²) in [5.74, 6) is -0.0978. The van der Waals surface area contributed by atoms with E-state index in [1.54, 1.807) is 32.2 Å². The Morgan fingerprint density at radius 2 is 1.82 bits per heavy atom. The van der Waals surface area contributed by atoms with Crippen molar-refractivity contribution in [3.8, 4) is 6.07 Å². The number of nitrogens with zero attached hydrogens (tertiary/aromatic N) is 1. The van der Waals surface area contributed by atoms with Gasteiger partial charge in [0.1, 0.15) is 0 Å². The molecule has 1 rings (SSSR count). The molecule has 0 aliphatic heterocycles. The van der Waals surface area contributed by atoms with E-state index in [0.29, 0.717) is 11.1 Å². The van der Waals surface area contributed by atoms with Gasteiger partial charge in [0.2, 0.25) is 5.91 Å². The topological polar surface area (TPSA) is 52.9 Å². The summed E-state index contributed by atoms with van der Waals surface area (Å²) >= 11 is 0. The number of nitrogens with one attached hydrogen (secondary N) is 1. The molecule has 1 aromatic carbocycles. The van der Waals surface area contributed by atoms with Crippen LogP contribution < -0.4 is 5.32 Å². The SMILES string of the molecule is CC.CNC(=O)/C(C)=C/c1ccc(C#N)cc1. The van der Waals surface area contributed by atoms with Crippen molar-refractivity contribution in [2.45, 2.75) is 20.8 Å². The molecule has 90 valence electrons. The molecule has 17 heavy (non-hydrogen) atoms. The van der Waals surface area contributed by atoms with Gasteiger partial charge in [-0.1, -0.05) is 26.0 Å². The van der Waals surface area contributed by atoms with Crippen LogP contribution >= 0.6 is 0 Å². The number of hydrogen-bond acceptors (Lipinski definition) is 2. The van der Waals surface area contributed by atoms with E-state index in [4.69, 9.17) is 5.26 Å². The fourth-order valence-corrected chi connectivity index (χ4v) is 1.17. The Labute approximate surface area is 103 Å². The summed E-state index contributed by atoms with van der Waals surface area (Å²) in [6.45, 7) is 5.75. The van der Waals surface area contributed by atoms with Gasteiger partial charge in [-0.05, 0) is 30.7 Å². The van der Waals surface area contributed by atoms with Crippen LogP contribution in [0.15, 0.2) is 29.8 Å². The third-order valence-electron chi connectivity index (χ3n) is 2.01. The van der Waals surface area contributed by atoms with Crippen LogP contribution in [0.4, 0.5) is 0 Å². The van der Waals surface area contributed by atoms with Crippen molar-refractivity contribution in [2.24, 2.45) is 0 Å². The summed E-state index contributed by atoms with van der Waals surface area (Å²) in [6, 6.07) is 9.11. The van der Waals surface area contributed by atoms with E-state index in [0.717, 1.165) is 5.56 Å². The minimum atomic E-state index is -0.0978. The van der Waals surface area contributed by atoms with Gasteiger partial charge in [-0.15, -0.1) is 0 Å². The van der Waals surface area contributed by atoms with Gasteiger partial charge in [-0.2, -0.15) is 5.26 Å². The summed E-state index contributed by atoms with van der Waals surface area (Å²) in [7, 11) is 1.60. The summed E-state index contributed by atoms with van der Waals surface area (Å²) in [5.41, 5.74) is 2.17. The molecule has 0 heterocycles. The van der Waals surface area contributed by atoms with Crippen LogP contribution in [0.2, 0.25) is 0 Å². The van der Waals surface area contributed by atoms with Crippen LogP contribution in [0.25, 0.3) is 6.08 Å². The number of rotatable bonds is 2. The van der Waals surface area contributed by atoms with E-state index in [1.807, 2.05) is 32.0 Å². The lowest BCUT2D eigenvalue weighted by Crippen LogP contribution is -2.18. The highest BCUT2D eigenvalue weighted by Gasteiger charge is 2.00. The van der Waals surface area contributed by atoms with E-state index >= 15 is 0 Å². The monoisotopic (exact) mass is 230 g/mol. The Bertz CT molecular complexity index is 425. The van der Waals surface area contributed by atoms with Crippen molar-refractivity contribution in [3.63, 3.8) is 0 Å². The van der Waals surface area contributed by atoms with Crippen molar-refractivity contribution in [2.75, 3.05) is 7.05 Å². The predicted octanol–water partition coefficient (Wildman–Crippen LogP) is 2.73. The first-order valence-electron chi connectivity index (χ1n) is 5.58. The zero-order valence-corrected chi connectivity index (χ0v) is 10.7. The van der Waals surface area contributed by atoms with Crippen LogP contribution in [0.3, 0.4) is 0 Å². The van der Waals surface area contributed by atoms with Gasteiger partial charge in [0.05, 0.1) is 11.6 Å². The molecule has 0 saturated heterocycles. The molecule has 0 saturated carbocycles. The fraction of sp³-hybridized carbons (Fsp3) is 0.286. The molecule has 3 heteroatoms. The van der Waals surface area contributed by atoms with Crippen LogP contribution in [-0.4, -0.2) is 13.0 Å². The van der Waals surface area contributed by atoms with Crippen molar-refractivity contribution in [3.05, 3.63) is 41.0 Å². The molecule has 0 aromatic heterocycles. The third-order valence-corrected chi connectivity index (χ3v) is 2.01. The summed E-state index contributed by atoms with van der Waals surface area (Å²) < 4.78 is 0. The first-order valence-corrected chi connectivity index (χ1v) is 5.58. The predicted molar refractivity (Wildman–Crippen MR) is 70.2 cm³/mol. The number of carbonyl (C=O) groups is 1. The molecule has 0 bridgehead atoms. The molecular formula is C14H18N2O. The van der Waals surface area contributed by atoms with Gasteiger partial charge in [0.15, 0.2) is 0 Å². The lowest BCUT2D eigenvalue weighted by Gasteiger charge is -1.99. The molecule has 0 aliphatic carbocycles. The summed E-state index contributed by atoms with van der Waals surface area (Å²) in [6.07, 6.45) is 1.78. The lowest BCUT2D eigenvalue weighted by molar-refractivity contribution is -0.116. The average molecular weight is 230 g/mol. The molecule has 1 N–H and O–H groups in total. The molecule has 1 aromatic rings. The maximum absolute atomic E-state index is 11.2. The maximum atomic E-state index is 11.2. The van der Waals surface area contributed by atoms with Gasteiger partial charge in [0.25, 0.3) is 0 Å². The maximum Gasteiger partial charge on any atom is 0.246 e. The molecule has 0 radical (unpaired) electrons. The quantitative estimate of drug-likeness (QED) is 0.794. The zero-order valence-electron chi connectivity index (χ0n) is 10.7. The second kappa shape index (κ2) is 8.12. The van der Waals surface area contributed by atoms with E-state index in [1.165, 1.54) is 0 Å². The van der Waals surface area contributed by atoms with E-state index in [-0.39, 0.29) is 5.91 Å². The minimum absolute atomic E-state index is 0.0978. The standard InChI is InChI=1S/C12H12N2O.C2H6/c1-9(12(15)14-2)7-10-3-5-11(8-13)6-4-10;1-2/h3-7H,1-2H3,(H,14,15);1-2H3/b9-7+;. The molecular weight excluding hydrogens is 212 g/mol. The number of nitriles is 1. The fourth-order valence-electron chi connectivity index (χ4n) is 1.17. The van der Waals surface area contributed by atoms with Crippen molar-refractivity contribution >= 4 is 12.0 Å². The Morgan fingerprint density at radius 1 is 1.29 bits per heavy atom. The molecule has 3 nitrogen and oxygen atoms in total. The molecule has 0 unspecified atom stereocenters. The Kier molecular flexibility index (Phi) is 7.12. The van der Waals surface area contributed by atoms with E-state index in [2.05, 4.69) is 5.32 Å². The summed E-state index contributed by atoms with van der Waals surface area (Å²) in [4.78, 5) is 11.2. The van der Waals surface area contributed by atoms with Crippen LogP contribution in [0, 0.1) is 11.3 Å². The second-order valence-corrected chi connectivity index (χ2v) is 3.14. The third kappa shape index (κ3) is 4.98. The number of likely N-dealkylation sites (N-methyl/N-ethyl adjacent to an activating group) is 1. The Morgan fingerprint density at radius 3 is 2.24 bits per heavy atom. The van der Waals surface area contributed by atoms with Crippen LogP contribution in [-0.2, 0) is 4.79 Å². The van der Waals surface area contributed by atoms with Gasteiger partial charge in [0, 0.05) is 12.6 Å². The molecule has 0 spiro atoms. The van der Waals surface area contributed by atoms with Crippen LogP contribution in [0.1, 0.15) is 31.9 Å². The van der Waals surface area contributed by atoms with Gasteiger partial charge < -0.3 is 5.32 Å². The van der Waals surface area contributed by atoms with Gasteiger partial charge in [-0.3, -0.25) is 4.79 Å². The van der Waals surface area contributed by atoms with Crippen molar-refractivity contribution < 1.29 is 4.79 Å². The number of carbonyl (C=O) groups excluding carboxylic acids is 1. The van der Waals surface area contributed by atoms with Crippen LogP contribution in [0.5, 0.6) is 0 Å². The highest BCUT2D eigenvalue weighted by Crippen LogP contribution is 2.08.